The molecule has 0 aliphatic rings. The smallest absolute Gasteiger partial charge is 0.221 e. The number of thiophene rings is 1. The minimum Gasteiger partial charge on any atom is -0.490 e. The van der Waals surface area contributed by atoms with E-state index in [1.54, 1.807) is 17.5 Å². The molecule has 0 fully saturated rings. The van der Waals surface area contributed by atoms with Crippen LogP contribution in [-0.2, 0) is 30.7 Å². The van der Waals surface area contributed by atoms with Crippen LogP contribution in [0.4, 0.5) is 11.4 Å². The molecule has 0 spiro atoms. The zero-order valence-electron chi connectivity index (χ0n) is 24.9. The van der Waals surface area contributed by atoms with Gasteiger partial charge in [-0.2, -0.15) is 0 Å². The minimum absolute atomic E-state index is 0.0659. The van der Waals surface area contributed by atoms with Gasteiger partial charge in [0.1, 0.15) is 0 Å². The third kappa shape index (κ3) is 7.16. The maximum atomic E-state index is 12.0. The second-order valence-electron chi connectivity index (χ2n) is 10.2. The van der Waals surface area contributed by atoms with Gasteiger partial charge in [0, 0.05) is 46.9 Å². The van der Waals surface area contributed by atoms with Crippen molar-refractivity contribution in [1.29, 1.82) is 0 Å². The monoisotopic (exact) mass is 594 g/mol. The lowest BCUT2D eigenvalue weighted by Crippen LogP contribution is -2.16. The number of benzene rings is 3. The van der Waals surface area contributed by atoms with Crippen LogP contribution in [0.1, 0.15) is 43.0 Å². The van der Waals surface area contributed by atoms with E-state index in [-0.39, 0.29) is 6.42 Å². The highest BCUT2D eigenvalue weighted by molar-refractivity contribution is 7.13. The van der Waals surface area contributed by atoms with E-state index in [0.717, 1.165) is 47.4 Å². The van der Waals surface area contributed by atoms with Crippen molar-refractivity contribution >= 4 is 39.5 Å². The van der Waals surface area contributed by atoms with Crippen LogP contribution in [0.25, 0.3) is 21.3 Å². The molecule has 0 unspecified atom stereocenters. The van der Waals surface area contributed by atoms with Crippen LogP contribution in [0.2, 0.25) is 0 Å². The number of pyridine rings is 1. The molecule has 222 valence electrons. The largest absolute Gasteiger partial charge is 0.490 e. The summed E-state index contributed by atoms with van der Waals surface area (Å²) >= 11 is 1.75. The van der Waals surface area contributed by atoms with Crippen LogP contribution in [0.3, 0.4) is 0 Å². The number of nitrogens with zero attached hydrogens (tertiary/aromatic N) is 1. The fourth-order valence-corrected chi connectivity index (χ4v) is 6.02. The highest BCUT2D eigenvalue weighted by atomic mass is 32.1. The van der Waals surface area contributed by atoms with Gasteiger partial charge in [0.2, 0.25) is 5.91 Å². The number of ether oxygens (including phenoxy) is 2. The van der Waals surface area contributed by atoms with E-state index in [1.165, 1.54) is 27.1 Å². The predicted molar refractivity (Wildman–Crippen MR) is 176 cm³/mol. The molecule has 0 bridgehead atoms. The van der Waals surface area contributed by atoms with Crippen molar-refractivity contribution in [3.8, 4) is 21.9 Å². The number of primary amides is 1. The van der Waals surface area contributed by atoms with Crippen LogP contribution < -0.4 is 25.8 Å². The molecular formula is C35H38N4O3S. The van der Waals surface area contributed by atoms with Gasteiger partial charge in [-0.15, -0.1) is 11.3 Å². The molecule has 3 aromatic carbocycles. The van der Waals surface area contributed by atoms with Gasteiger partial charge in [0.15, 0.2) is 11.5 Å². The first-order valence-electron chi connectivity index (χ1n) is 14.7. The van der Waals surface area contributed by atoms with Crippen molar-refractivity contribution < 1.29 is 14.3 Å². The first kappa shape index (κ1) is 30.1. The standard InChI is InChI=1S/C35H38N4O3S/c1-4-27-25(21-37-20-23-12-14-24(15-13-23)33-11-8-16-43-33)9-7-10-29(27)39-35-26(17-34(36)40)22-38-30-19-32(42-6-3)31(41-5-2)18-28(30)35/h7-16,18-19,22,37H,4-6,17,20-21H2,1-3H3,(H2,36,40)(H,38,39). The van der Waals surface area contributed by atoms with Gasteiger partial charge in [0.05, 0.1) is 30.8 Å². The summed E-state index contributed by atoms with van der Waals surface area (Å²) in [5.41, 5.74) is 13.8. The molecule has 2 heterocycles. The highest BCUT2D eigenvalue weighted by Crippen LogP contribution is 2.38. The van der Waals surface area contributed by atoms with E-state index in [1.807, 2.05) is 26.0 Å². The molecule has 5 rings (SSSR count). The van der Waals surface area contributed by atoms with Crippen LogP contribution >= 0.6 is 11.3 Å². The zero-order valence-corrected chi connectivity index (χ0v) is 25.7. The maximum absolute atomic E-state index is 12.0. The van der Waals surface area contributed by atoms with Crippen molar-refractivity contribution in [3.63, 3.8) is 0 Å². The second-order valence-corrected chi connectivity index (χ2v) is 11.1. The molecule has 0 saturated heterocycles. The molecule has 0 atom stereocenters. The van der Waals surface area contributed by atoms with Gasteiger partial charge in [-0.05, 0) is 66.1 Å². The molecule has 0 radical (unpaired) electrons. The maximum Gasteiger partial charge on any atom is 0.221 e. The second kappa shape index (κ2) is 14.2. The molecular weight excluding hydrogens is 556 g/mol. The zero-order chi connectivity index (χ0) is 30.2. The lowest BCUT2D eigenvalue weighted by molar-refractivity contribution is -0.117. The Kier molecular flexibility index (Phi) is 9.92. The van der Waals surface area contributed by atoms with E-state index in [2.05, 4.69) is 82.5 Å². The highest BCUT2D eigenvalue weighted by Gasteiger charge is 2.17. The molecule has 0 aliphatic carbocycles. The Morgan fingerprint density at radius 3 is 2.35 bits per heavy atom. The third-order valence-corrected chi connectivity index (χ3v) is 8.19. The van der Waals surface area contributed by atoms with E-state index in [9.17, 15) is 4.79 Å². The number of aromatic nitrogens is 1. The molecule has 5 aromatic rings. The van der Waals surface area contributed by atoms with Crippen LogP contribution in [0.15, 0.2) is 78.3 Å². The Balaban J connectivity index is 1.42. The summed E-state index contributed by atoms with van der Waals surface area (Å²) in [6, 6.07) is 23.1. The number of rotatable bonds is 14. The number of amides is 1. The summed E-state index contributed by atoms with van der Waals surface area (Å²) < 4.78 is 11.7. The molecule has 7 nitrogen and oxygen atoms in total. The van der Waals surface area contributed by atoms with E-state index in [0.29, 0.717) is 24.7 Å². The Morgan fingerprint density at radius 1 is 0.907 bits per heavy atom. The molecule has 8 heteroatoms. The molecule has 43 heavy (non-hydrogen) atoms. The predicted octanol–water partition coefficient (Wildman–Crippen LogP) is 7.38. The van der Waals surface area contributed by atoms with Crippen molar-refractivity contribution in [2.75, 3.05) is 18.5 Å². The fourth-order valence-electron chi connectivity index (χ4n) is 5.29. The first-order valence-corrected chi connectivity index (χ1v) is 15.6. The molecule has 0 saturated carbocycles. The number of nitrogens with one attached hydrogen (secondary N) is 2. The molecule has 4 N–H and O–H groups in total. The first-order chi connectivity index (χ1) is 21.0. The normalized spacial score (nSPS) is 11.0. The average Bonchev–Trinajstić information content (AvgIpc) is 3.55. The van der Waals surface area contributed by atoms with Gasteiger partial charge in [0.25, 0.3) is 0 Å². The van der Waals surface area contributed by atoms with Crippen LogP contribution in [0.5, 0.6) is 11.5 Å². The Bertz CT molecular complexity index is 1680. The Labute approximate surface area is 257 Å². The van der Waals surface area contributed by atoms with Gasteiger partial charge >= 0.3 is 0 Å². The lowest BCUT2D eigenvalue weighted by Gasteiger charge is -2.20. The van der Waals surface area contributed by atoms with Crippen LogP contribution in [0, 0.1) is 0 Å². The Hall–Kier alpha value is -4.40. The lowest BCUT2D eigenvalue weighted by atomic mass is 10.0. The van der Waals surface area contributed by atoms with Gasteiger partial charge in [-0.25, -0.2) is 0 Å². The van der Waals surface area contributed by atoms with Crippen LogP contribution in [-0.4, -0.2) is 24.1 Å². The number of hydrogen-bond donors (Lipinski definition) is 3. The van der Waals surface area contributed by atoms with Gasteiger partial charge < -0.3 is 25.8 Å². The van der Waals surface area contributed by atoms with E-state index in [4.69, 9.17) is 15.2 Å². The molecule has 1 amide bonds. The summed E-state index contributed by atoms with van der Waals surface area (Å²) in [4.78, 5) is 17.9. The van der Waals surface area contributed by atoms with Crippen molar-refractivity contribution in [2.24, 2.45) is 5.73 Å². The van der Waals surface area contributed by atoms with Gasteiger partial charge in [-0.1, -0.05) is 49.4 Å². The van der Waals surface area contributed by atoms with Crippen molar-refractivity contribution in [1.82, 2.24) is 10.3 Å². The number of hydrogen-bond acceptors (Lipinski definition) is 7. The average molecular weight is 595 g/mol. The SMILES string of the molecule is CCOc1cc2ncc(CC(N)=O)c(Nc3cccc(CNCc4ccc(-c5cccs5)cc4)c3CC)c2cc1OCC. The number of nitrogens with two attached hydrogens (primary N) is 1. The fraction of sp³-hybridized carbons (Fsp3) is 0.257. The number of carbonyl (C=O) groups is 1. The summed E-state index contributed by atoms with van der Waals surface area (Å²) in [7, 11) is 0. The quantitative estimate of drug-likeness (QED) is 0.124. The topological polar surface area (TPSA) is 98.5 Å². The molecule has 0 aliphatic heterocycles. The summed E-state index contributed by atoms with van der Waals surface area (Å²) in [5, 5.41) is 10.2. The van der Waals surface area contributed by atoms with E-state index >= 15 is 0 Å². The third-order valence-electron chi connectivity index (χ3n) is 7.27. The van der Waals surface area contributed by atoms with Crippen molar-refractivity contribution in [2.45, 2.75) is 46.7 Å². The van der Waals surface area contributed by atoms with Gasteiger partial charge in [-0.3, -0.25) is 9.78 Å². The summed E-state index contributed by atoms with van der Waals surface area (Å²) in [5.74, 6) is 0.855. The summed E-state index contributed by atoms with van der Waals surface area (Å²) in [6.45, 7) is 8.53. The van der Waals surface area contributed by atoms with E-state index < -0.39 is 5.91 Å². The minimum atomic E-state index is -0.419. The Morgan fingerprint density at radius 2 is 1.67 bits per heavy atom. The van der Waals surface area contributed by atoms with Crippen molar-refractivity contribution in [3.05, 3.63) is 101 Å². The number of carbonyl (C=O) groups excluding carboxylic acids is 1. The summed E-state index contributed by atoms with van der Waals surface area (Å²) in [6.07, 6.45) is 2.62. The molecule has 2 aromatic heterocycles. The number of fused-ring (bicyclic) bond motifs is 1. The number of anilines is 2.